The van der Waals surface area contributed by atoms with E-state index in [-0.39, 0.29) is 5.69 Å². The first kappa shape index (κ1) is 11.5. The monoisotopic (exact) mass is 294 g/mol. The van der Waals surface area contributed by atoms with Crippen molar-refractivity contribution in [1.82, 2.24) is 9.97 Å². The molecular formula is C10H7BrN4O2. The van der Waals surface area contributed by atoms with Gasteiger partial charge in [0.25, 0.3) is 5.69 Å². The van der Waals surface area contributed by atoms with E-state index in [0.29, 0.717) is 15.8 Å². The number of rotatable bonds is 3. The molecule has 0 unspecified atom stereocenters. The van der Waals surface area contributed by atoms with E-state index in [1.54, 1.807) is 24.5 Å². The van der Waals surface area contributed by atoms with Crippen LogP contribution in [0.4, 0.5) is 17.1 Å². The molecule has 0 radical (unpaired) electrons. The van der Waals surface area contributed by atoms with Crippen molar-refractivity contribution in [2.45, 2.75) is 0 Å². The lowest BCUT2D eigenvalue weighted by atomic mass is 10.2. The van der Waals surface area contributed by atoms with Gasteiger partial charge in [-0.2, -0.15) is 0 Å². The molecule has 1 heterocycles. The highest BCUT2D eigenvalue weighted by molar-refractivity contribution is 9.10. The molecule has 0 amide bonds. The topological polar surface area (TPSA) is 81.0 Å². The van der Waals surface area contributed by atoms with E-state index >= 15 is 0 Å². The predicted octanol–water partition coefficient (Wildman–Crippen LogP) is 2.89. The first-order valence-electron chi connectivity index (χ1n) is 4.63. The van der Waals surface area contributed by atoms with Crippen molar-refractivity contribution in [3.63, 3.8) is 0 Å². The third kappa shape index (κ3) is 2.76. The lowest BCUT2D eigenvalue weighted by Gasteiger charge is -2.06. The van der Waals surface area contributed by atoms with Crippen molar-refractivity contribution in [2.24, 2.45) is 0 Å². The normalized spacial score (nSPS) is 9.94. The molecule has 0 aliphatic carbocycles. The molecule has 0 bridgehead atoms. The van der Waals surface area contributed by atoms with Gasteiger partial charge in [-0.15, -0.1) is 0 Å². The second-order valence-corrected chi connectivity index (χ2v) is 4.09. The number of nitrogens with zero attached hydrogens (tertiary/aromatic N) is 3. The Kier molecular flexibility index (Phi) is 3.29. The Hall–Kier alpha value is -2.02. The molecule has 1 aromatic heterocycles. The van der Waals surface area contributed by atoms with E-state index in [0.717, 1.165) is 0 Å². The van der Waals surface area contributed by atoms with Gasteiger partial charge in [0, 0.05) is 10.5 Å². The van der Waals surface area contributed by atoms with Crippen LogP contribution in [0.3, 0.4) is 0 Å². The molecule has 86 valence electrons. The van der Waals surface area contributed by atoms with Crippen molar-refractivity contribution in [3.05, 3.63) is 51.5 Å². The maximum absolute atomic E-state index is 10.9. The van der Waals surface area contributed by atoms with Crippen LogP contribution in [0, 0.1) is 10.1 Å². The van der Waals surface area contributed by atoms with Crippen LogP contribution in [0.2, 0.25) is 0 Å². The quantitative estimate of drug-likeness (QED) is 0.695. The highest BCUT2D eigenvalue weighted by Crippen LogP contribution is 2.29. The first-order valence-corrected chi connectivity index (χ1v) is 5.42. The van der Waals surface area contributed by atoms with E-state index in [4.69, 9.17) is 0 Å². The summed E-state index contributed by atoms with van der Waals surface area (Å²) in [6.45, 7) is 0. The lowest BCUT2D eigenvalue weighted by molar-refractivity contribution is -0.384. The average molecular weight is 295 g/mol. The van der Waals surface area contributed by atoms with Gasteiger partial charge in [-0.1, -0.05) is 15.9 Å². The summed E-state index contributed by atoms with van der Waals surface area (Å²) < 4.78 is 0.652. The molecule has 1 N–H and O–H groups in total. The summed E-state index contributed by atoms with van der Waals surface area (Å²) in [5, 5.41) is 13.8. The largest absolute Gasteiger partial charge is 0.347 e. The molecule has 17 heavy (non-hydrogen) atoms. The van der Waals surface area contributed by atoms with Crippen molar-refractivity contribution < 1.29 is 4.92 Å². The lowest BCUT2D eigenvalue weighted by Crippen LogP contribution is -1.97. The minimum Gasteiger partial charge on any atom is -0.347 e. The third-order valence-corrected chi connectivity index (χ3v) is 2.49. The summed E-state index contributed by atoms with van der Waals surface area (Å²) in [6.07, 6.45) is 4.47. The van der Waals surface area contributed by atoms with Crippen LogP contribution in [-0.4, -0.2) is 14.9 Å². The van der Waals surface area contributed by atoms with Gasteiger partial charge in [0.05, 0.1) is 23.0 Å². The Labute approximate surface area is 105 Å². The maximum atomic E-state index is 10.9. The van der Waals surface area contributed by atoms with Gasteiger partial charge in [0.15, 0.2) is 0 Å². The van der Waals surface area contributed by atoms with Crippen LogP contribution < -0.4 is 5.32 Å². The zero-order valence-corrected chi connectivity index (χ0v) is 10.1. The van der Waals surface area contributed by atoms with Gasteiger partial charge in [0.2, 0.25) is 0 Å². The standard InChI is InChI=1S/C10H7BrN4O2/c11-7-1-2-9(10(3-7)15(16)17)14-8-4-12-6-13-5-8/h1-6,14H. The summed E-state index contributed by atoms with van der Waals surface area (Å²) in [4.78, 5) is 18.1. The molecule has 7 heteroatoms. The molecule has 0 aliphatic heterocycles. The molecule has 0 spiro atoms. The highest BCUT2D eigenvalue weighted by atomic mass is 79.9. The first-order chi connectivity index (χ1) is 8.16. The smallest absolute Gasteiger partial charge is 0.293 e. The minimum absolute atomic E-state index is 0.0109. The number of nitro groups is 1. The molecule has 0 aliphatic rings. The van der Waals surface area contributed by atoms with Crippen LogP contribution in [0.15, 0.2) is 41.4 Å². The fourth-order valence-electron chi connectivity index (χ4n) is 1.28. The summed E-state index contributed by atoms with van der Waals surface area (Å²) >= 11 is 3.19. The Morgan fingerprint density at radius 1 is 1.29 bits per heavy atom. The molecular weight excluding hydrogens is 288 g/mol. The number of hydrogen-bond acceptors (Lipinski definition) is 5. The maximum Gasteiger partial charge on any atom is 0.293 e. The van der Waals surface area contributed by atoms with Gasteiger partial charge in [-0.05, 0) is 12.1 Å². The number of benzene rings is 1. The van der Waals surface area contributed by atoms with Crippen LogP contribution in [0.5, 0.6) is 0 Å². The predicted molar refractivity (Wildman–Crippen MR) is 66.1 cm³/mol. The van der Waals surface area contributed by atoms with E-state index < -0.39 is 4.92 Å². The van der Waals surface area contributed by atoms with Crippen LogP contribution >= 0.6 is 15.9 Å². The van der Waals surface area contributed by atoms with E-state index in [9.17, 15) is 10.1 Å². The van der Waals surface area contributed by atoms with Gasteiger partial charge in [-0.3, -0.25) is 10.1 Å². The number of anilines is 2. The fraction of sp³-hybridized carbons (Fsp3) is 0. The molecule has 2 aromatic rings. The molecule has 1 aromatic carbocycles. The Morgan fingerprint density at radius 3 is 2.65 bits per heavy atom. The van der Waals surface area contributed by atoms with E-state index in [1.807, 2.05) is 0 Å². The van der Waals surface area contributed by atoms with Gasteiger partial charge < -0.3 is 5.32 Å². The average Bonchev–Trinajstić information content (AvgIpc) is 2.32. The molecule has 0 fully saturated rings. The Morgan fingerprint density at radius 2 is 2.00 bits per heavy atom. The van der Waals surface area contributed by atoms with Crippen LogP contribution in [-0.2, 0) is 0 Å². The van der Waals surface area contributed by atoms with Crippen molar-refractivity contribution >= 4 is 33.0 Å². The SMILES string of the molecule is O=[N+]([O-])c1cc(Br)ccc1Nc1cncnc1. The fourth-order valence-corrected chi connectivity index (χ4v) is 1.63. The van der Waals surface area contributed by atoms with Gasteiger partial charge >= 0.3 is 0 Å². The van der Waals surface area contributed by atoms with Gasteiger partial charge in [-0.25, -0.2) is 9.97 Å². The molecule has 2 rings (SSSR count). The number of halogens is 1. The number of hydrogen-bond donors (Lipinski definition) is 1. The van der Waals surface area contributed by atoms with Crippen LogP contribution in [0.25, 0.3) is 0 Å². The number of nitrogens with one attached hydrogen (secondary N) is 1. The number of aromatic nitrogens is 2. The highest BCUT2D eigenvalue weighted by Gasteiger charge is 2.14. The molecule has 6 nitrogen and oxygen atoms in total. The third-order valence-electron chi connectivity index (χ3n) is 2.00. The second-order valence-electron chi connectivity index (χ2n) is 3.17. The summed E-state index contributed by atoms with van der Waals surface area (Å²) in [6, 6.07) is 4.78. The van der Waals surface area contributed by atoms with Crippen molar-refractivity contribution in [3.8, 4) is 0 Å². The van der Waals surface area contributed by atoms with E-state index in [1.165, 1.54) is 12.4 Å². The second kappa shape index (κ2) is 4.88. The number of nitro benzene ring substituents is 1. The summed E-state index contributed by atoms with van der Waals surface area (Å²) in [5.74, 6) is 0. The van der Waals surface area contributed by atoms with E-state index in [2.05, 4.69) is 31.2 Å². The molecule has 0 atom stereocenters. The zero-order valence-electron chi connectivity index (χ0n) is 8.50. The molecule has 0 saturated carbocycles. The van der Waals surface area contributed by atoms with Gasteiger partial charge in [0.1, 0.15) is 12.0 Å². The Bertz CT molecular complexity index is 547. The Balaban J connectivity index is 2.36. The molecule has 0 saturated heterocycles. The summed E-state index contributed by atoms with van der Waals surface area (Å²) in [7, 11) is 0. The van der Waals surface area contributed by atoms with Crippen molar-refractivity contribution in [2.75, 3.05) is 5.32 Å². The minimum atomic E-state index is -0.448. The zero-order chi connectivity index (χ0) is 12.3. The van der Waals surface area contributed by atoms with Crippen molar-refractivity contribution in [1.29, 1.82) is 0 Å². The summed E-state index contributed by atoms with van der Waals surface area (Å²) in [5.41, 5.74) is 0.981. The van der Waals surface area contributed by atoms with Crippen LogP contribution in [0.1, 0.15) is 0 Å².